The molecule has 8 nitrogen and oxygen atoms in total. The maximum atomic E-state index is 12.0. The number of aryl methyl sites for hydroxylation is 1. The molecule has 2 amide bonds. The van der Waals surface area contributed by atoms with Crippen molar-refractivity contribution < 1.29 is 14.1 Å². The van der Waals surface area contributed by atoms with E-state index in [9.17, 15) is 9.59 Å². The number of H-pyrrole nitrogens is 1. The van der Waals surface area contributed by atoms with Crippen molar-refractivity contribution in [3.05, 3.63) is 53.4 Å². The van der Waals surface area contributed by atoms with Crippen LogP contribution in [0.2, 0.25) is 0 Å². The second-order valence-corrected chi connectivity index (χ2v) is 6.53. The normalized spacial score (nSPS) is 10.8. The molecule has 3 N–H and O–H groups in total. The molecule has 0 spiro atoms. The summed E-state index contributed by atoms with van der Waals surface area (Å²) in [7, 11) is 0. The van der Waals surface area contributed by atoms with E-state index in [1.165, 1.54) is 0 Å². The average Bonchev–Trinajstić information content (AvgIpc) is 3.23. The van der Waals surface area contributed by atoms with Gasteiger partial charge in [0.1, 0.15) is 5.76 Å². The summed E-state index contributed by atoms with van der Waals surface area (Å²) in [6, 6.07) is 10.7. The summed E-state index contributed by atoms with van der Waals surface area (Å²) in [5.74, 6) is 0.547. The first-order valence-electron chi connectivity index (χ1n) is 8.59. The van der Waals surface area contributed by atoms with Crippen molar-refractivity contribution >= 4 is 17.6 Å². The zero-order chi connectivity index (χ0) is 19.4. The van der Waals surface area contributed by atoms with Crippen LogP contribution in [0.25, 0.3) is 11.3 Å². The number of hydrogen-bond donors (Lipinski definition) is 3. The standard InChI is InChI=1S/C19H21N5O3/c1-11(2)20-19(26)14-6-4-13(5-7-14)16-10-17(23-22-16)21-18(25)9-15-8-12(3)24-27-15/h4-8,10-11H,9H2,1-3H3,(H,20,26)(H2,21,22,23,25). The Morgan fingerprint density at radius 1 is 1.19 bits per heavy atom. The van der Waals surface area contributed by atoms with Gasteiger partial charge in [-0.15, -0.1) is 0 Å². The fourth-order valence-electron chi connectivity index (χ4n) is 2.53. The zero-order valence-corrected chi connectivity index (χ0v) is 15.4. The van der Waals surface area contributed by atoms with Gasteiger partial charge < -0.3 is 15.2 Å². The number of nitrogens with zero attached hydrogens (tertiary/aromatic N) is 2. The Labute approximate surface area is 156 Å². The fourth-order valence-corrected chi connectivity index (χ4v) is 2.53. The number of anilines is 1. The number of rotatable bonds is 6. The quantitative estimate of drug-likeness (QED) is 0.620. The van der Waals surface area contributed by atoms with Crippen LogP contribution >= 0.6 is 0 Å². The van der Waals surface area contributed by atoms with Gasteiger partial charge in [-0.2, -0.15) is 5.10 Å². The molecule has 1 aromatic carbocycles. The van der Waals surface area contributed by atoms with Crippen LogP contribution in [0.4, 0.5) is 5.82 Å². The largest absolute Gasteiger partial charge is 0.361 e. The lowest BCUT2D eigenvalue weighted by Crippen LogP contribution is -2.29. The predicted molar refractivity (Wildman–Crippen MR) is 100 cm³/mol. The van der Waals surface area contributed by atoms with E-state index in [0.717, 1.165) is 17.0 Å². The summed E-state index contributed by atoms with van der Waals surface area (Å²) in [4.78, 5) is 24.0. The lowest BCUT2D eigenvalue weighted by atomic mass is 10.1. The molecule has 0 unspecified atom stereocenters. The highest BCUT2D eigenvalue weighted by Gasteiger charge is 2.12. The fraction of sp³-hybridized carbons (Fsp3) is 0.263. The number of amides is 2. The molecule has 0 atom stereocenters. The van der Waals surface area contributed by atoms with Crippen molar-refractivity contribution in [3.8, 4) is 11.3 Å². The molecule has 2 aromatic heterocycles. The van der Waals surface area contributed by atoms with Gasteiger partial charge in [-0.05, 0) is 38.5 Å². The molecule has 0 aliphatic heterocycles. The third kappa shape index (κ3) is 4.81. The number of aromatic amines is 1. The lowest BCUT2D eigenvalue weighted by molar-refractivity contribution is -0.115. The van der Waals surface area contributed by atoms with Gasteiger partial charge in [-0.1, -0.05) is 17.3 Å². The van der Waals surface area contributed by atoms with Gasteiger partial charge >= 0.3 is 0 Å². The molecular weight excluding hydrogens is 346 g/mol. The molecule has 0 saturated carbocycles. The summed E-state index contributed by atoms with van der Waals surface area (Å²) < 4.78 is 5.03. The first kappa shape index (κ1) is 18.4. The van der Waals surface area contributed by atoms with Gasteiger partial charge in [-0.3, -0.25) is 14.7 Å². The van der Waals surface area contributed by atoms with Crippen LogP contribution < -0.4 is 10.6 Å². The number of benzene rings is 1. The predicted octanol–water partition coefficient (Wildman–Crippen LogP) is 2.69. The molecule has 0 fully saturated rings. The van der Waals surface area contributed by atoms with Crippen LogP contribution in [-0.4, -0.2) is 33.2 Å². The molecule has 0 aliphatic carbocycles. The summed E-state index contributed by atoms with van der Waals surface area (Å²) in [5, 5.41) is 16.3. The minimum Gasteiger partial charge on any atom is -0.361 e. The van der Waals surface area contributed by atoms with Crippen molar-refractivity contribution in [2.75, 3.05) is 5.32 Å². The lowest BCUT2D eigenvalue weighted by Gasteiger charge is -2.08. The van der Waals surface area contributed by atoms with Crippen molar-refractivity contribution in [1.82, 2.24) is 20.7 Å². The number of hydrogen-bond acceptors (Lipinski definition) is 5. The molecule has 0 radical (unpaired) electrons. The highest BCUT2D eigenvalue weighted by atomic mass is 16.5. The first-order valence-corrected chi connectivity index (χ1v) is 8.59. The molecule has 140 valence electrons. The highest BCUT2D eigenvalue weighted by molar-refractivity contribution is 5.95. The van der Waals surface area contributed by atoms with Gasteiger partial charge in [0.15, 0.2) is 5.82 Å². The summed E-state index contributed by atoms with van der Waals surface area (Å²) in [6.07, 6.45) is 0.0860. The Morgan fingerprint density at radius 2 is 1.93 bits per heavy atom. The minimum atomic E-state index is -0.245. The Hall–Kier alpha value is -3.42. The van der Waals surface area contributed by atoms with Crippen LogP contribution in [0.15, 0.2) is 40.9 Å². The van der Waals surface area contributed by atoms with Crippen molar-refractivity contribution in [2.24, 2.45) is 0 Å². The van der Waals surface area contributed by atoms with E-state index in [2.05, 4.69) is 26.0 Å². The van der Waals surface area contributed by atoms with Crippen molar-refractivity contribution in [2.45, 2.75) is 33.2 Å². The monoisotopic (exact) mass is 367 g/mol. The molecule has 27 heavy (non-hydrogen) atoms. The van der Waals surface area contributed by atoms with Crippen LogP contribution in [0, 0.1) is 6.92 Å². The highest BCUT2D eigenvalue weighted by Crippen LogP contribution is 2.20. The molecule has 0 aliphatic rings. The Morgan fingerprint density at radius 3 is 2.56 bits per heavy atom. The smallest absolute Gasteiger partial charge is 0.251 e. The van der Waals surface area contributed by atoms with E-state index in [1.54, 1.807) is 31.2 Å². The average molecular weight is 367 g/mol. The molecular formula is C19H21N5O3. The van der Waals surface area contributed by atoms with E-state index < -0.39 is 0 Å². The third-order valence-corrected chi connectivity index (χ3v) is 3.73. The first-order chi connectivity index (χ1) is 12.9. The molecule has 3 rings (SSSR count). The van der Waals surface area contributed by atoms with Gasteiger partial charge in [-0.25, -0.2) is 0 Å². The van der Waals surface area contributed by atoms with Gasteiger partial charge in [0.05, 0.1) is 17.8 Å². The minimum absolute atomic E-state index is 0.0804. The molecule has 0 saturated heterocycles. The maximum absolute atomic E-state index is 12.0. The van der Waals surface area contributed by atoms with Gasteiger partial charge in [0, 0.05) is 23.7 Å². The summed E-state index contributed by atoms with van der Waals surface area (Å²) >= 11 is 0. The van der Waals surface area contributed by atoms with Crippen LogP contribution in [0.3, 0.4) is 0 Å². The SMILES string of the molecule is Cc1cc(CC(=O)Nc2cc(-c3ccc(C(=O)NC(C)C)cc3)[nH]n2)on1. The van der Waals surface area contributed by atoms with E-state index in [0.29, 0.717) is 17.1 Å². The van der Waals surface area contributed by atoms with Crippen LogP contribution in [0.1, 0.15) is 35.7 Å². The number of carbonyl (C=O) groups is 2. The maximum Gasteiger partial charge on any atom is 0.251 e. The number of carbonyl (C=O) groups excluding carboxylic acids is 2. The number of aromatic nitrogens is 3. The van der Waals surface area contributed by atoms with Crippen LogP contribution in [0.5, 0.6) is 0 Å². The Bertz CT molecular complexity index is 940. The van der Waals surface area contributed by atoms with E-state index in [4.69, 9.17) is 4.52 Å². The van der Waals surface area contributed by atoms with E-state index in [1.807, 2.05) is 26.0 Å². The molecule has 8 heteroatoms. The van der Waals surface area contributed by atoms with E-state index in [-0.39, 0.29) is 24.3 Å². The third-order valence-electron chi connectivity index (χ3n) is 3.73. The van der Waals surface area contributed by atoms with Crippen molar-refractivity contribution in [1.29, 1.82) is 0 Å². The van der Waals surface area contributed by atoms with Crippen molar-refractivity contribution in [3.63, 3.8) is 0 Å². The van der Waals surface area contributed by atoms with Crippen LogP contribution in [-0.2, 0) is 11.2 Å². The Kier molecular flexibility index (Phi) is 5.35. The Balaban J connectivity index is 1.63. The molecule has 3 aromatic rings. The molecule has 2 heterocycles. The zero-order valence-electron chi connectivity index (χ0n) is 15.4. The summed E-state index contributed by atoms with van der Waals surface area (Å²) in [6.45, 7) is 5.62. The summed E-state index contributed by atoms with van der Waals surface area (Å²) in [5.41, 5.74) is 2.90. The number of nitrogens with one attached hydrogen (secondary N) is 3. The van der Waals surface area contributed by atoms with Gasteiger partial charge in [0.2, 0.25) is 5.91 Å². The van der Waals surface area contributed by atoms with Gasteiger partial charge in [0.25, 0.3) is 5.91 Å². The topological polar surface area (TPSA) is 113 Å². The van der Waals surface area contributed by atoms with E-state index >= 15 is 0 Å². The second-order valence-electron chi connectivity index (χ2n) is 6.53. The molecule has 0 bridgehead atoms. The second kappa shape index (κ2) is 7.86.